The van der Waals surface area contributed by atoms with Gasteiger partial charge >= 0.3 is 6.18 Å². The van der Waals surface area contributed by atoms with Crippen LogP contribution in [0.2, 0.25) is 0 Å². The zero-order chi connectivity index (χ0) is 15.8. The molecule has 116 valence electrons. The van der Waals surface area contributed by atoms with Crippen LogP contribution in [-0.2, 0) is 0 Å². The number of hydrogen-bond acceptors (Lipinski definition) is 1. The van der Waals surface area contributed by atoms with E-state index in [-0.39, 0.29) is 12.0 Å². The van der Waals surface area contributed by atoms with E-state index < -0.39 is 18.6 Å². The van der Waals surface area contributed by atoms with Gasteiger partial charge in [0.1, 0.15) is 6.54 Å². The van der Waals surface area contributed by atoms with Crippen LogP contribution >= 0.6 is 15.9 Å². The molecule has 1 aliphatic rings. The highest BCUT2D eigenvalue weighted by Gasteiger charge is 2.40. The molecule has 1 aliphatic carbocycles. The molecule has 21 heavy (non-hydrogen) atoms. The van der Waals surface area contributed by atoms with Crippen molar-refractivity contribution in [2.75, 3.05) is 6.54 Å². The van der Waals surface area contributed by atoms with Gasteiger partial charge in [0.05, 0.1) is 0 Å². The Hall–Kier alpha value is -1.04. The van der Waals surface area contributed by atoms with E-state index in [1.807, 2.05) is 0 Å². The van der Waals surface area contributed by atoms with Gasteiger partial charge in [-0.1, -0.05) is 15.9 Å². The standard InChI is InChI=1S/C15H17BrF3NO/c1-9-7-12(5-6-13(9)16)14(21)20(8-15(17,18)19)10(2)11-3-4-11/h5-7,10-11H,3-4,8H2,1-2H3. The van der Waals surface area contributed by atoms with E-state index in [4.69, 9.17) is 0 Å². The Morgan fingerprint density at radius 2 is 2.05 bits per heavy atom. The average Bonchev–Trinajstić information content (AvgIpc) is 3.21. The highest BCUT2D eigenvalue weighted by atomic mass is 79.9. The zero-order valence-corrected chi connectivity index (χ0v) is 13.5. The van der Waals surface area contributed by atoms with Crippen LogP contribution in [-0.4, -0.2) is 29.6 Å². The second-order valence-corrected chi connectivity index (χ2v) is 6.44. The lowest BCUT2D eigenvalue weighted by atomic mass is 10.1. The molecule has 2 nitrogen and oxygen atoms in total. The molecule has 1 aromatic rings. The van der Waals surface area contributed by atoms with Crippen molar-refractivity contribution in [3.63, 3.8) is 0 Å². The monoisotopic (exact) mass is 363 g/mol. The van der Waals surface area contributed by atoms with E-state index in [0.29, 0.717) is 5.56 Å². The third-order valence-corrected chi connectivity index (χ3v) is 4.70. The number of carbonyl (C=O) groups is 1. The second-order valence-electron chi connectivity index (χ2n) is 5.59. The molecule has 1 unspecified atom stereocenters. The summed E-state index contributed by atoms with van der Waals surface area (Å²) in [5.41, 5.74) is 1.12. The molecule has 1 amide bonds. The smallest absolute Gasteiger partial charge is 0.327 e. The van der Waals surface area contributed by atoms with Crippen molar-refractivity contribution in [1.29, 1.82) is 0 Å². The SMILES string of the molecule is Cc1cc(C(=O)N(CC(F)(F)F)C(C)C2CC2)ccc1Br. The Morgan fingerprint density at radius 1 is 1.43 bits per heavy atom. The largest absolute Gasteiger partial charge is 0.406 e. The highest BCUT2D eigenvalue weighted by Crippen LogP contribution is 2.36. The number of alkyl halides is 3. The molecule has 2 rings (SSSR count). The summed E-state index contributed by atoms with van der Waals surface area (Å²) in [5.74, 6) is -0.366. The van der Waals surface area contributed by atoms with Crippen molar-refractivity contribution in [2.45, 2.75) is 38.9 Å². The maximum absolute atomic E-state index is 12.8. The summed E-state index contributed by atoms with van der Waals surface area (Å²) >= 11 is 3.32. The van der Waals surface area contributed by atoms with Crippen LogP contribution in [0.15, 0.2) is 22.7 Å². The van der Waals surface area contributed by atoms with Gasteiger partial charge in [-0.25, -0.2) is 0 Å². The van der Waals surface area contributed by atoms with Crippen LogP contribution in [0.4, 0.5) is 13.2 Å². The Bertz CT molecular complexity index is 540. The molecule has 1 atom stereocenters. The molecule has 6 heteroatoms. The first-order valence-electron chi connectivity index (χ1n) is 6.83. The number of carbonyl (C=O) groups excluding carboxylic acids is 1. The fourth-order valence-corrected chi connectivity index (χ4v) is 2.62. The molecule has 1 fully saturated rings. The summed E-state index contributed by atoms with van der Waals surface area (Å²) in [6.45, 7) is 2.31. The first-order valence-corrected chi connectivity index (χ1v) is 7.62. The number of hydrogen-bond donors (Lipinski definition) is 0. The van der Waals surface area contributed by atoms with E-state index in [1.54, 1.807) is 32.0 Å². The number of nitrogens with zero attached hydrogens (tertiary/aromatic N) is 1. The molecule has 0 N–H and O–H groups in total. The molecular weight excluding hydrogens is 347 g/mol. The highest BCUT2D eigenvalue weighted by molar-refractivity contribution is 9.10. The van der Waals surface area contributed by atoms with Crippen LogP contribution in [0, 0.1) is 12.8 Å². The van der Waals surface area contributed by atoms with Gasteiger partial charge in [-0.2, -0.15) is 13.2 Å². The first-order chi connectivity index (χ1) is 9.69. The lowest BCUT2D eigenvalue weighted by molar-refractivity contribution is -0.144. The van der Waals surface area contributed by atoms with Crippen LogP contribution in [0.3, 0.4) is 0 Å². The van der Waals surface area contributed by atoms with Crippen molar-refractivity contribution >= 4 is 21.8 Å². The number of halogens is 4. The molecule has 1 saturated carbocycles. The number of aryl methyl sites for hydroxylation is 1. The summed E-state index contributed by atoms with van der Waals surface area (Å²) in [5, 5.41) is 0. The minimum Gasteiger partial charge on any atom is -0.327 e. The van der Waals surface area contributed by atoms with Crippen molar-refractivity contribution < 1.29 is 18.0 Å². The molecule has 0 heterocycles. The molecular formula is C15H17BrF3NO. The van der Waals surface area contributed by atoms with Gasteiger partial charge in [-0.05, 0) is 56.4 Å². The Balaban J connectivity index is 2.25. The van der Waals surface area contributed by atoms with Crippen LogP contribution in [0.5, 0.6) is 0 Å². The summed E-state index contributed by atoms with van der Waals surface area (Å²) in [4.78, 5) is 13.4. The summed E-state index contributed by atoms with van der Waals surface area (Å²) < 4.78 is 39.1. The Labute approximate surface area is 130 Å². The van der Waals surface area contributed by atoms with Gasteiger partial charge in [0.2, 0.25) is 0 Å². The fourth-order valence-electron chi connectivity index (χ4n) is 2.37. The first kappa shape index (κ1) is 16.3. The van der Waals surface area contributed by atoms with Gasteiger partial charge < -0.3 is 4.90 Å². The van der Waals surface area contributed by atoms with Crippen LogP contribution < -0.4 is 0 Å². The van der Waals surface area contributed by atoms with Crippen LogP contribution in [0.1, 0.15) is 35.7 Å². The van der Waals surface area contributed by atoms with Gasteiger partial charge in [0, 0.05) is 16.1 Å². The van der Waals surface area contributed by atoms with E-state index in [1.165, 1.54) is 0 Å². The van der Waals surface area contributed by atoms with Crippen LogP contribution in [0.25, 0.3) is 0 Å². The Morgan fingerprint density at radius 3 is 2.52 bits per heavy atom. The second kappa shape index (κ2) is 5.99. The van der Waals surface area contributed by atoms with Crippen molar-refractivity contribution in [1.82, 2.24) is 4.90 Å². The zero-order valence-electron chi connectivity index (χ0n) is 11.9. The summed E-state index contributed by atoms with van der Waals surface area (Å²) in [7, 11) is 0. The molecule has 0 aromatic heterocycles. The minimum atomic E-state index is -4.39. The van der Waals surface area contributed by atoms with Gasteiger partial charge in [0.15, 0.2) is 0 Å². The number of rotatable bonds is 4. The van der Waals surface area contributed by atoms with E-state index in [0.717, 1.165) is 27.8 Å². The maximum Gasteiger partial charge on any atom is 0.406 e. The molecule has 1 aromatic carbocycles. The predicted octanol–water partition coefficient (Wildman–Crippen LogP) is 4.56. The third-order valence-electron chi connectivity index (χ3n) is 3.81. The lowest BCUT2D eigenvalue weighted by Gasteiger charge is -2.30. The van der Waals surface area contributed by atoms with Crippen molar-refractivity contribution in [3.05, 3.63) is 33.8 Å². The fraction of sp³-hybridized carbons (Fsp3) is 0.533. The lowest BCUT2D eigenvalue weighted by Crippen LogP contribution is -2.45. The number of amides is 1. The van der Waals surface area contributed by atoms with Crippen molar-refractivity contribution in [2.24, 2.45) is 5.92 Å². The summed E-state index contributed by atoms with van der Waals surface area (Å²) in [6.07, 6.45) is -2.60. The molecule has 0 spiro atoms. The maximum atomic E-state index is 12.8. The molecule has 0 aliphatic heterocycles. The predicted molar refractivity (Wildman–Crippen MR) is 78.2 cm³/mol. The third kappa shape index (κ3) is 4.22. The molecule has 0 radical (unpaired) electrons. The van der Waals surface area contributed by atoms with E-state index in [9.17, 15) is 18.0 Å². The quantitative estimate of drug-likeness (QED) is 0.767. The van der Waals surface area contributed by atoms with Gasteiger partial charge in [-0.3, -0.25) is 4.79 Å². The summed E-state index contributed by atoms with van der Waals surface area (Å²) in [6, 6.07) is 4.48. The van der Waals surface area contributed by atoms with E-state index in [2.05, 4.69) is 15.9 Å². The topological polar surface area (TPSA) is 20.3 Å². The average molecular weight is 364 g/mol. The minimum absolute atomic E-state index is 0.188. The molecule has 0 saturated heterocycles. The van der Waals surface area contributed by atoms with E-state index >= 15 is 0 Å². The normalized spacial score (nSPS) is 16.7. The van der Waals surface area contributed by atoms with Crippen molar-refractivity contribution in [3.8, 4) is 0 Å². The molecule has 0 bridgehead atoms. The van der Waals surface area contributed by atoms with Gasteiger partial charge in [0.25, 0.3) is 5.91 Å². The number of benzene rings is 1. The Kier molecular flexibility index (Phi) is 4.66. The van der Waals surface area contributed by atoms with Gasteiger partial charge in [-0.15, -0.1) is 0 Å².